The van der Waals surface area contributed by atoms with Crippen LogP contribution in [0.4, 0.5) is 0 Å². The summed E-state index contributed by atoms with van der Waals surface area (Å²) in [5, 5.41) is 2.93. The Labute approximate surface area is 112 Å². The molecule has 1 heterocycles. The Morgan fingerprint density at radius 3 is 2.31 bits per heavy atom. The zero-order valence-electron chi connectivity index (χ0n) is 10.2. The monoisotopic (exact) mass is 339 g/mol. The van der Waals surface area contributed by atoms with Crippen LogP contribution in [0.1, 0.15) is 13.8 Å². The third kappa shape index (κ3) is 5.45. The molecule has 16 heavy (non-hydrogen) atoms. The highest BCUT2D eigenvalue weighted by molar-refractivity contribution is 14.1. The Kier molecular flexibility index (Phi) is 6.60. The molecule has 0 unspecified atom stereocenters. The molecule has 0 atom stereocenters. The van der Waals surface area contributed by atoms with Gasteiger partial charge in [-0.2, -0.15) is 0 Å². The Hall–Kier alpha value is 0.120. The van der Waals surface area contributed by atoms with E-state index in [0.29, 0.717) is 6.54 Å². The zero-order valence-corrected chi connectivity index (χ0v) is 12.4. The molecule has 1 N–H and O–H groups in total. The summed E-state index contributed by atoms with van der Waals surface area (Å²) in [5.74, 6) is 0.150. The Bertz CT molecular complexity index is 215. The molecule has 0 aromatic rings. The standard InChI is InChI=1S/C11H22IN3O/c1-10(2)13-11(16)9-15-7-5-14(4-3-12)6-8-15/h10H,3-9H2,1-2H3,(H,13,16). The highest BCUT2D eigenvalue weighted by Gasteiger charge is 2.18. The first kappa shape index (κ1) is 14.2. The van der Waals surface area contributed by atoms with E-state index in [1.807, 2.05) is 13.8 Å². The number of piperazine rings is 1. The maximum atomic E-state index is 11.6. The van der Waals surface area contributed by atoms with Crippen molar-refractivity contribution in [3.8, 4) is 0 Å². The molecule has 0 saturated carbocycles. The third-order valence-electron chi connectivity index (χ3n) is 2.68. The molecule has 0 spiro atoms. The lowest BCUT2D eigenvalue weighted by molar-refractivity contribution is -0.123. The summed E-state index contributed by atoms with van der Waals surface area (Å²) in [6, 6.07) is 0.243. The van der Waals surface area contributed by atoms with Gasteiger partial charge in [0.05, 0.1) is 6.54 Å². The van der Waals surface area contributed by atoms with E-state index >= 15 is 0 Å². The van der Waals surface area contributed by atoms with Crippen LogP contribution in [0.5, 0.6) is 0 Å². The normalized spacial score (nSPS) is 19.0. The summed E-state index contributed by atoms with van der Waals surface area (Å²) in [6.45, 7) is 9.94. The predicted molar refractivity (Wildman–Crippen MR) is 75.0 cm³/mol. The third-order valence-corrected chi connectivity index (χ3v) is 3.16. The lowest BCUT2D eigenvalue weighted by atomic mass is 10.3. The minimum Gasteiger partial charge on any atom is -0.353 e. The van der Waals surface area contributed by atoms with Crippen LogP contribution in [0.15, 0.2) is 0 Å². The van der Waals surface area contributed by atoms with Crippen molar-refractivity contribution in [2.75, 3.05) is 43.7 Å². The highest BCUT2D eigenvalue weighted by Crippen LogP contribution is 2.01. The fraction of sp³-hybridized carbons (Fsp3) is 0.909. The number of amides is 1. The Morgan fingerprint density at radius 2 is 1.81 bits per heavy atom. The largest absolute Gasteiger partial charge is 0.353 e. The van der Waals surface area contributed by atoms with E-state index in [-0.39, 0.29) is 11.9 Å². The van der Waals surface area contributed by atoms with Crippen LogP contribution in [-0.4, -0.2) is 65.4 Å². The molecule has 0 aromatic carbocycles. The van der Waals surface area contributed by atoms with Crippen molar-refractivity contribution in [2.24, 2.45) is 0 Å². The van der Waals surface area contributed by atoms with Crippen molar-refractivity contribution in [3.63, 3.8) is 0 Å². The SMILES string of the molecule is CC(C)NC(=O)CN1CCN(CCI)CC1. The van der Waals surface area contributed by atoms with E-state index in [9.17, 15) is 4.79 Å². The molecule has 1 saturated heterocycles. The van der Waals surface area contributed by atoms with Crippen molar-refractivity contribution < 1.29 is 4.79 Å². The molecule has 1 aliphatic rings. The fourth-order valence-electron chi connectivity index (χ4n) is 1.86. The maximum Gasteiger partial charge on any atom is 0.234 e. The number of nitrogens with one attached hydrogen (secondary N) is 1. The average Bonchev–Trinajstić information content (AvgIpc) is 2.20. The fourth-order valence-corrected chi connectivity index (χ4v) is 2.54. The van der Waals surface area contributed by atoms with Crippen LogP contribution < -0.4 is 5.32 Å². The van der Waals surface area contributed by atoms with Gasteiger partial charge in [0.25, 0.3) is 0 Å². The van der Waals surface area contributed by atoms with E-state index < -0.39 is 0 Å². The predicted octanol–water partition coefficient (Wildman–Crippen LogP) is 0.564. The van der Waals surface area contributed by atoms with Gasteiger partial charge in [-0.3, -0.25) is 9.69 Å². The van der Waals surface area contributed by atoms with Gasteiger partial charge in [-0.25, -0.2) is 0 Å². The van der Waals surface area contributed by atoms with Crippen molar-refractivity contribution in [2.45, 2.75) is 19.9 Å². The Morgan fingerprint density at radius 1 is 1.25 bits per heavy atom. The molecule has 0 aromatic heterocycles. The molecule has 94 valence electrons. The number of halogens is 1. The molecule has 1 fully saturated rings. The summed E-state index contributed by atoms with van der Waals surface area (Å²) in [6.07, 6.45) is 0. The number of carbonyl (C=O) groups excluding carboxylic acids is 1. The van der Waals surface area contributed by atoms with Crippen molar-refractivity contribution in [1.29, 1.82) is 0 Å². The number of hydrogen-bond donors (Lipinski definition) is 1. The van der Waals surface area contributed by atoms with Crippen LogP contribution in [-0.2, 0) is 4.79 Å². The van der Waals surface area contributed by atoms with Gasteiger partial charge in [0.15, 0.2) is 0 Å². The second-order valence-corrected chi connectivity index (χ2v) is 5.61. The summed E-state index contributed by atoms with van der Waals surface area (Å²) >= 11 is 2.41. The number of hydrogen-bond acceptors (Lipinski definition) is 3. The molecule has 0 radical (unpaired) electrons. The van der Waals surface area contributed by atoms with Crippen LogP contribution in [0.25, 0.3) is 0 Å². The molecule has 1 rings (SSSR count). The first-order chi connectivity index (χ1) is 7.61. The topological polar surface area (TPSA) is 35.6 Å². The van der Waals surface area contributed by atoms with E-state index in [4.69, 9.17) is 0 Å². The van der Waals surface area contributed by atoms with Crippen LogP contribution in [0.3, 0.4) is 0 Å². The molecule has 0 bridgehead atoms. The summed E-state index contributed by atoms with van der Waals surface area (Å²) in [5.41, 5.74) is 0. The smallest absolute Gasteiger partial charge is 0.234 e. The molecule has 4 nitrogen and oxygen atoms in total. The van der Waals surface area contributed by atoms with Gasteiger partial charge in [0, 0.05) is 43.2 Å². The van der Waals surface area contributed by atoms with Crippen LogP contribution in [0, 0.1) is 0 Å². The average molecular weight is 339 g/mol. The molecule has 0 aliphatic carbocycles. The van der Waals surface area contributed by atoms with Gasteiger partial charge < -0.3 is 10.2 Å². The number of carbonyl (C=O) groups is 1. The van der Waals surface area contributed by atoms with E-state index in [1.165, 1.54) is 11.0 Å². The Balaban J connectivity index is 2.19. The van der Waals surface area contributed by atoms with Crippen LogP contribution >= 0.6 is 22.6 Å². The quantitative estimate of drug-likeness (QED) is 0.588. The number of nitrogens with zero attached hydrogens (tertiary/aromatic N) is 2. The molecule has 1 amide bonds. The van der Waals surface area contributed by atoms with E-state index in [1.54, 1.807) is 0 Å². The van der Waals surface area contributed by atoms with Gasteiger partial charge in [-0.1, -0.05) is 22.6 Å². The molecule has 1 aliphatic heterocycles. The first-order valence-electron chi connectivity index (χ1n) is 5.92. The summed E-state index contributed by atoms with van der Waals surface area (Å²) in [7, 11) is 0. The lowest BCUT2D eigenvalue weighted by Crippen LogP contribution is -2.50. The first-order valence-corrected chi connectivity index (χ1v) is 7.44. The van der Waals surface area contributed by atoms with E-state index in [0.717, 1.165) is 26.2 Å². The molecule has 5 heteroatoms. The van der Waals surface area contributed by atoms with Gasteiger partial charge in [0.1, 0.15) is 0 Å². The van der Waals surface area contributed by atoms with Gasteiger partial charge in [-0.15, -0.1) is 0 Å². The maximum absolute atomic E-state index is 11.6. The minimum atomic E-state index is 0.150. The van der Waals surface area contributed by atoms with Crippen LogP contribution in [0.2, 0.25) is 0 Å². The molecular weight excluding hydrogens is 317 g/mol. The van der Waals surface area contributed by atoms with Crippen molar-refractivity contribution in [3.05, 3.63) is 0 Å². The van der Waals surface area contributed by atoms with E-state index in [2.05, 4.69) is 37.7 Å². The summed E-state index contributed by atoms with van der Waals surface area (Å²) < 4.78 is 1.19. The zero-order chi connectivity index (χ0) is 12.0. The number of alkyl halides is 1. The second-order valence-electron chi connectivity index (χ2n) is 4.53. The second kappa shape index (κ2) is 7.45. The van der Waals surface area contributed by atoms with Gasteiger partial charge >= 0.3 is 0 Å². The highest BCUT2D eigenvalue weighted by atomic mass is 127. The number of rotatable bonds is 5. The van der Waals surface area contributed by atoms with Crippen molar-refractivity contribution >= 4 is 28.5 Å². The minimum absolute atomic E-state index is 0.150. The van der Waals surface area contributed by atoms with Gasteiger partial charge in [-0.05, 0) is 13.8 Å². The lowest BCUT2D eigenvalue weighted by Gasteiger charge is -2.34. The van der Waals surface area contributed by atoms with Crippen molar-refractivity contribution in [1.82, 2.24) is 15.1 Å². The summed E-state index contributed by atoms with van der Waals surface area (Å²) in [4.78, 5) is 16.3. The molecular formula is C11H22IN3O. The van der Waals surface area contributed by atoms with Gasteiger partial charge in [0.2, 0.25) is 5.91 Å².